The zero-order valence-electron chi connectivity index (χ0n) is 10.2. The van der Waals surface area contributed by atoms with E-state index in [-0.39, 0.29) is 5.78 Å². The number of carbonyl (C=O) groups excluding carboxylic acids is 1. The molecule has 0 N–H and O–H groups in total. The molecule has 0 aliphatic heterocycles. The van der Waals surface area contributed by atoms with Gasteiger partial charge in [-0.2, -0.15) is 0 Å². The standard InChI is InChI=1S/C15H14BrNO/c1-11-13(8-14(16)10-17-11)9-15(18)7-12-5-3-2-4-6-12/h2-6,8,10H,7,9H2,1H3. The molecule has 92 valence electrons. The summed E-state index contributed by atoms with van der Waals surface area (Å²) in [6.07, 6.45) is 2.67. The van der Waals surface area contributed by atoms with Gasteiger partial charge in [-0.3, -0.25) is 9.78 Å². The van der Waals surface area contributed by atoms with Crippen LogP contribution in [0.5, 0.6) is 0 Å². The van der Waals surface area contributed by atoms with E-state index in [1.165, 1.54) is 0 Å². The van der Waals surface area contributed by atoms with Crippen molar-refractivity contribution in [2.45, 2.75) is 19.8 Å². The third-order valence-electron chi connectivity index (χ3n) is 2.79. The molecule has 0 saturated carbocycles. The Morgan fingerprint density at radius 2 is 1.94 bits per heavy atom. The molecular weight excluding hydrogens is 290 g/mol. The summed E-state index contributed by atoms with van der Waals surface area (Å²) in [5.74, 6) is 0.212. The quantitative estimate of drug-likeness (QED) is 0.865. The lowest BCUT2D eigenvalue weighted by atomic mass is 10.0. The van der Waals surface area contributed by atoms with Crippen LogP contribution in [0.2, 0.25) is 0 Å². The summed E-state index contributed by atoms with van der Waals surface area (Å²) in [6.45, 7) is 1.93. The molecule has 2 rings (SSSR count). The number of hydrogen-bond donors (Lipinski definition) is 0. The zero-order valence-corrected chi connectivity index (χ0v) is 11.8. The summed E-state index contributed by atoms with van der Waals surface area (Å²) in [4.78, 5) is 16.2. The number of benzene rings is 1. The Morgan fingerprint density at radius 3 is 2.67 bits per heavy atom. The van der Waals surface area contributed by atoms with Gasteiger partial charge >= 0.3 is 0 Å². The van der Waals surface area contributed by atoms with Gasteiger partial charge in [0.15, 0.2) is 0 Å². The van der Waals surface area contributed by atoms with E-state index >= 15 is 0 Å². The number of rotatable bonds is 4. The highest BCUT2D eigenvalue weighted by molar-refractivity contribution is 9.10. The summed E-state index contributed by atoms with van der Waals surface area (Å²) in [6, 6.07) is 11.8. The van der Waals surface area contributed by atoms with Crippen molar-refractivity contribution in [3.05, 3.63) is 63.9 Å². The van der Waals surface area contributed by atoms with Gasteiger partial charge in [-0.15, -0.1) is 0 Å². The van der Waals surface area contributed by atoms with Gasteiger partial charge in [0.25, 0.3) is 0 Å². The maximum atomic E-state index is 12.0. The first kappa shape index (κ1) is 13.0. The summed E-state index contributed by atoms with van der Waals surface area (Å²) >= 11 is 3.38. The molecule has 0 fully saturated rings. The molecule has 0 aliphatic carbocycles. The van der Waals surface area contributed by atoms with Crippen LogP contribution in [0.4, 0.5) is 0 Å². The topological polar surface area (TPSA) is 30.0 Å². The normalized spacial score (nSPS) is 10.3. The Bertz CT molecular complexity index is 552. The third kappa shape index (κ3) is 3.50. The molecule has 1 heterocycles. The predicted molar refractivity (Wildman–Crippen MR) is 75.5 cm³/mol. The fourth-order valence-electron chi connectivity index (χ4n) is 1.83. The fraction of sp³-hybridized carbons (Fsp3) is 0.200. The molecule has 3 heteroatoms. The second kappa shape index (κ2) is 5.91. The molecule has 2 nitrogen and oxygen atoms in total. The van der Waals surface area contributed by atoms with Gasteiger partial charge in [-0.25, -0.2) is 0 Å². The molecule has 0 bridgehead atoms. The van der Waals surface area contributed by atoms with Crippen LogP contribution in [-0.4, -0.2) is 10.8 Å². The Labute approximate surface area is 115 Å². The highest BCUT2D eigenvalue weighted by Gasteiger charge is 2.08. The molecule has 2 aromatic rings. The van der Waals surface area contributed by atoms with Crippen LogP contribution in [0.1, 0.15) is 16.8 Å². The molecule has 1 aromatic carbocycles. The smallest absolute Gasteiger partial charge is 0.141 e. The van der Waals surface area contributed by atoms with Gasteiger partial charge < -0.3 is 0 Å². The highest BCUT2D eigenvalue weighted by atomic mass is 79.9. The molecule has 0 radical (unpaired) electrons. The molecule has 0 amide bonds. The largest absolute Gasteiger partial charge is 0.299 e. The van der Waals surface area contributed by atoms with E-state index in [1.54, 1.807) is 6.20 Å². The molecule has 0 aliphatic rings. The van der Waals surface area contributed by atoms with Gasteiger partial charge in [-0.1, -0.05) is 30.3 Å². The fourth-order valence-corrected chi connectivity index (χ4v) is 2.21. The maximum Gasteiger partial charge on any atom is 0.141 e. The van der Waals surface area contributed by atoms with Crippen molar-refractivity contribution in [1.82, 2.24) is 4.98 Å². The molecular formula is C15H14BrNO. The maximum absolute atomic E-state index is 12.0. The minimum absolute atomic E-state index is 0.212. The summed E-state index contributed by atoms with van der Waals surface area (Å²) in [5.41, 5.74) is 2.97. The van der Waals surface area contributed by atoms with Crippen LogP contribution in [-0.2, 0) is 17.6 Å². The van der Waals surface area contributed by atoms with Gasteiger partial charge in [-0.05, 0) is 40.0 Å². The van der Waals surface area contributed by atoms with Crippen molar-refractivity contribution in [1.29, 1.82) is 0 Å². The highest BCUT2D eigenvalue weighted by Crippen LogP contribution is 2.15. The van der Waals surface area contributed by atoms with Crippen LogP contribution in [0.15, 0.2) is 47.1 Å². The van der Waals surface area contributed by atoms with E-state index in [2.05, 4.69) is 20.9 Å². The van der Waals surface area contributed by atoms with Gasteiger partial charge in [0.1, 0.15) is 5.78 Å². The minimum atomic E-state index is 0.212. The van der Waals surface area contributed by atoms with Crippen LogP contribution < -0.4 is 0 Å². The average Bonchev–Trinajstić information content (AvgIpc) is 2.35. The summed E-state index contributed by atoms with van der Waals surface area (Å²) in [5, 5.41) is 0. The summed E-state index contributed by atoms with van der Waals surface area (Å²) in [7, 11) is 0. The number of ketones is 1. The lowest BCUT2D eigenvalue weighted by Gasteiger charge is -2.05. The van der Waals surface area contributed by atoms with E-state index in [0.717, 1.165) is 21.3 Å². The van der Waals surface area contributed by atoms with Gasteiger partial charge in [0.05, 0.1) is 0 Å². The van der Waals surface area contributed by atoms with E-state index in [4.69, 9.17) is 0 Å². The van der Waals surface area contributed by atoms with Crippen LogP contribution in [0, 0.1) is 6.92 Å². The van der Waals surface area contributed by atoms with E-state index in [0.29, 0.717) is 12.8 Å². The third-order valence-corrected chi connectivity index (χ3v) is 3.22. The molecule has 18 heavy (non-hydrogen) atoms. The number of carbonyl (C=O) groups is 1. The first-order valence-corrected chi connectivity index (χ1v) is 6.61. The second-order valence-electron chi connectivity index (χ2n) is 4.28. The van der Waals surface area contributed by atoms with E-state index in [1.807, 2.05) is 43.3 Å². The first-order chi connectivity index (χ1) is 8.65. The molecule has 0 saturated heterocycles. The first-order valence-electron chi connectivity index (χ1n) is 5.82. The Hall–Kier alpha value is -1.48. The molecule has 0 spiro atoms. The number of hydrogen-bond acceptors (Lipinski definition) is 2. The minimum Gasteiger partial charge on any atom is -0.299 e. The Morgan fingerprint density at radius 1 is 1.22 bits per heavy atom. The summed E-state index contributed by atoms with van der Waals surface area (Å²) < 4.78 is 0.913. The van der Waals surface area contributed by atoms with Crippen molar-refractivity contribution in [2.75, 3.05) is 0 Å². The van der Waals surface area contributed by atoms with Crippen molar-refractivity contribution in [2.24, 2.45) is 0 Å². The SMILES string of the molecule is Cc1ncc(Br)cc1CC(=O)Cc1ccccc1. The van der Waals surface area contributed by atoms with Crippen LogP contribution in [0.25, 0.3) is 0 Å². The second-order valence-corrected chi connectivity index (χ2v) is 5.19. The Kier molecular flexibility index (Phi) is 4.26. The van der Waals surface area contributed by atoms with E-state index in [9.17, 15) is 4.79 Å². The average molecular weight is 304 g/mol. The van der Waals surface area contributed by atoms with Gasteiger partial charge in [0, 0.05) is 29.2 Å². The lowest BCUT2D eigenvalue weighted by Crippen LogP contribution is -2.08. The lowest BCUT2D eigenvalue weighted by molar-refractivity contribution is -0.117. The van der Waals surface area contributed by atoms with E-state index < -0.39 is 0 Å². The zero-order chi connectivity index (χ0) is 13.0. The number of aromatic nitrogens is 1. The monoisotopic (exact) mass is 303 g/mol. The van der Waals surface area contributed by atoms with Crippen LogP contribution >= 0.6 is 15.9 Å². The molecule has 0 unspecified atom stereocenters. The number of nitrogens with zero attached hydrogens (tertiary/aromatic N) is 1. The van der Waals surface area contributed by atoms with Crippen molar-refractivity contribution < 1.29 is 4.79 Å². The number of Topliss-reactive ketones (excluding diaryl/α,β-unsaturated/α-hetero) is 1. The van der Waals surface area contributed by atoms with Crippen molar-refractivity contribution in [3.63, 3.8) is 0 Å². The number of halogens is 1. The Balaban J connectivity index is 2.05. The molecule has 0 atom stereocenters. The molecule has 1 aromatic heterocycles. The van der Waals surface area contributed by atoms with Gasteiger partial charge in [0.2, 0.25) is 0 Å². The predicted octanol–water partition coefficient (Wildman–Crippen LogP) is 3.51. The van der Waals surface area contributed by atoms with Crippen LogP contribution in [0.3, 0.4) is 0 Å². The number of pyridine rings is 1. The van der Waals surface area contributed by atoms with Crippen molar-refractivity contribution in [3.8, 4) is 0 Å². The number of aryl methyl sites for hydroxylation is 1. The van der Waals surface area contributed by atoms with Crippen molar-refractivity contribution >= 4 is 21.7 Å².